The first-order valence-electron chi connectivity index (χ1n) is 4.57. The maximum Gasteiger partial charge on any atom is 0.185 e. The van der Waals surface area contributed by atoms with Gasteiger partial charge >= 0.3 is 0 Å². The lowest BCUT2D eigenvalue weighted by Gasteiger charge is -1.96. The highest BCUT2D eigenvalue weighted by molar-refractivity contribution is 6.04. The standard InChI is InChI=1S/C12H13FO/c1-9(2)3-8-12(14)10-4-6-11(13)7-5-10/h3-9H,1-2H3/b8-3+. The van der Waals surface area contributed by atoms with Crippen molar-refractivity contribution in [2.45, 2.75) is 13.8 Å². The van der Waals surface area contributed by atoms with Crippen molar-refractivity contribution in [3.05, 3.63) is 47.8 Å². The Kier molecular flexibility index (Phi) is 3.57. The number of carbonyl (C=O) groups excluding carboxylic acids is 1. The van der Waals surface area contributed by atoms with Gasteiger partial charge in [-0.3, -0.25) is 4.79 Å². The number of allylic oxidation sites excluding steroid dienone is 2. The van der Waals surface area contributed by atoms with Crippen molar-refractivity contribution in [2.75, 3.05) is 0 Å². The van der Waals surface area contributed by atoms with Crippen molar-refractivity contribution in [3.8, 4) is 0 Å². The van der Waals surface area contributed by atoms with Crippen molar-refractivity contribution in [2.24, 2.45) is 5.92 Å². The van der Waals surface area contributed by atoms with E-state index < -0.39 is 0 Å². The average Bonchev–Trinajstić information content (AvgIpc) is 2.15. The largest absolute Gasteiger partial charge is 0.289 e. The Morgan fingerprint density at radius 1 is 1.29 bits per heavy atom. The third-order valence-electron chi connectivity index (χ3n) is 1.76. The van der Waals surface area contributed by atoms with Gasteiger partial charge < -0.3 is 0 Å². The monoisotopic (exact) mass is 192 g/mol. The fourth-order valence-corrected chi connectivity index (χ4v) is 0.990. The fraction of sp³-hybridized carbons (Fsp3) is 0.250. The maximum atomic E-state index is 12.5. The van der Waals surface area contributed by atoms with Gasteiger partial charge in [-0.1, -0.05) is 19.9 Å². The number of benzene rings is 1. The van der Waals surface area contributed by atoms with E-state index in [2.05, 4.69) is 0 Å². The molecular formula is C12H13FO. The zero-order valence-electron chi connectivity index (χ0n) is 8.33. The summed E-state index contributed by atoms with van der Waals surface area (Å²) in [7, 11) is 0. The molecule has 14 heavy (non-hydrogen) atoms. The van der Waals surface area contributed by atoms with E-state index in [-0.39, 0.29) is 11.6 Å². The van der Waals surface area contributed by atoms with Gasteiger partial charge in [-0.25, -0.2) is 4.39 Å². The third kappa shape index (κ3) is 3.13. The Bertz CT molecular complexity index is 336. The van der Waals surface area contributed by atoms with E-state index in [4.69, 9.17) is 0 Å². The molecule has 0 aromatic heterocycles. The van der Waals surface area contributed by atoms with E-state index in [9.17, 15) is 9.18 Å². The smallest absolute Gasteiger partial charge is 0.185 e. The summed E-state index contributed by atoms with van der Waals surface area (Å²) < 4.78 is 12.5. The van der Waals surface area contributed by atoms with Crippen molar-refractivity contribution >= 4 is 5.78 Å². The van der Waals surface area contributed by atoms with Crippen LogP contribution in [0.15, 0.2) is 36.4 Å². The van der Waals surface area contributed by atoms with Gasteiger partial charge in [0.25, 0.3) is 0 Å². The molecule has 0 saturated carbocycles. The summed E-state index contributed by atoms with van der Waals surface area (Å²) in [6.45, 7) is 3.99. The van der Waals surface area contributed by atoms with Gasteiger partial charge in [-0.05, 0) is 36.3 Å². The van der Waals surface area contributed by atoms with Gasteiger partial charge in [0.2, 0.25) is 0 Å². The molecule has 0 fully saturated rings. The van der Waals surface area contributed by atoms with E-state index in [1.807, 2.05) is 19.9 Å². The zero-order chi connectivity index (χ0) is 10.6. The second kappa shape index (κ2) is 4.70. The molecule has 1 aromatic rings. The van der Waals surface area contributed by atoms with Crippen molar-refractivity contribution in [1.29, 1.82) is 0 Å². The van der Waals surface area contributed by atoms with Crippen LogP contribution in [0.1, 0.15) is 24.2 Å². The minimum Gasteiger partial charge on any atom is -0.289 e. The third-order valence-corrected chi connectivity index (χ3v) is 1.76. The predicted octanol–water partition coefficient (Wildman–Crippen LogP) is 3.22. The molecule has 0 N–H and O–H groups in total. The molecule has 1 aromatic carbocycles. The summed E-state index contributed by atoms with van der Waals surface area (Å²) in [4.78, 5) is 11.5. The lowest BCUT2D eigenvalue weighted by atomic mass is 10.1. The van der Waals surface area contributed by atoms with E-state index in [1.165, 1.54) is 30.3 Å². The summed E-state index contributed by atoms with van der Waals surface area (Å²) in [5, 5.41) is 0. The molecular weight excluding hydrogens is 179 g/mol. The molecule has 0 aliphatic heterocycles. The van der Waals surface area contributed by atoms with Crippen LogP contribution in [0.5, 0.6) is 0 Å². The molecule has 74 valence electrons. The molecule has 0 amide bonds. The molecule has 0 unspecified atom stereocenters. The van der Waals surface area contributed by atoms with Crippen LogP contribution >= 0.6 is 0 Å². The summed E-state index contributed by atoms with van der Waals surface area (Å²) in [5.74, 6) is -0.0625. The van der Waals surface area contributed by atoms with Gasteiger partial charge in [0, 0.05) is 5.56 Å². The van der Waals surface area contributed by atoms with Crippen molar-refractivity contribution in [1.82, 2.24) is 0 Å². The Morgan fingerprint density at radius 2 is 1.86 bits per heavy atom. The summed E-state index contributed by atoms with van der Waals surface area (Å²) in [5.41, 5.74) is 0.517. The zero-order valence-corrected chi connectivity index (χ0v) is 8.33. The summed E-state index contributed by atoms with van der Waals surface area (Å²) >= 11 is 0. The Labute approximate surface area is 83.3 Å². The lowest BCUT2D eigenvalue weighted by molar-refractivity contribution is 0.104. The Hall–Kier alpha value is -1.44. The van der Waals surface area contributed by atoms with Gasteiger partial charge in [0.1, 0.15) is 5.82 Å². The topological polar surface area (TPSA) is 17.1 Å². The van der Waals surface area contributed by atoms with Crippen LogP contribution in [-0.2, 0) is 0 Å². The van der Waals surface area contributed by atoms with Gasteiger partial charge in [-0.15, -0.1) is 0 Å². The van der Waals surface area contributed by atoms with Crippen LogP contribution < -0.4 is 0 Å². The predicted molar refractivity (Wildman–Crippen MR) is 54.7 cm³/mol. The lowest BCUT2D eigenvalue weighted by Crippen LogP contribution is -1.94. The van der Waals surface area contributed by atoms with Gasteiger partial charge in [0.05, 0.1) is 0 Å². The highest BCUT2D eigenvalue weighted by atomic mass is 19.1. The van der Waals surface area contributed by atoms with Gasteiger partial charge in [0.15, 0.2) is 5.78 Å². The molecule has 0 aliphatic rings. The Morgan fingerprint density at radius 3 is 2.36 bits per heavy atom. The molecule has 0 atom stereocenters. The molecule has 1 nitrogen and oxygen atoms in total. The number of hydrogen-bond acceptors (Lipinski definition) is 1. The molecule has 0 radical (unpaired) electrons. The molecule has 0 spiro atoms. The molecule has 0 aliphatic carbocycles. The van der Waals surface area contributed by atoms with E-state index >= 15 is 0 Å². The van der Waals surface area contributed by atoms with Gasteiger partial charge in [-0.2, -0.15) is 0 Å². The van der Waals surface area contributed by atoms with E-state index in [1.54, 1.807) is 0 Å². The van der Waals surface area contributed by atoms with E-state index in [0.717, 1.165) is 0 Å². The molecule has 1 rings (SSSR count). The molecule has 0 bridgehead atoms. The van der Waals surface area contributed by atoms with Crippen molar-refractivity contribution < 1.29 is 9.18 Å². The van der Waals surface area contributed by atoms with Crippen LogP contribution in [0.4, 0.5) is 4.39 Å². The van der Waals surface area contributed by atoms with Crippen LogP contribution in [0, 0.1) is 11.7 Å². The number of halogens is 1. The van der Waals surface area contributed by atoms with Crippen LogP contribution in [0.2, 0.25) is 0 Å². The first-order chi connectivity index (χ1) is 6.59. The first-order valence-corrected chi connectivity index (χ1v) is 4.57. The summed E-state index contributed by atoms with van der Waals surface area (Å²) in [6, 6.07) is 5.55. The summed E-state index contributed by atoms with van der Waals surface area (Å²) in [6.07, 6.45) is 3.35. The average molecular weight is 192 g/mol. The number of ketones is 1. The quantitative estimate of drug-likeness (QED) is 0.531. The van der Waals surface area contributed by atoms with Crippen LogP contribution in [0.3, 0.4) is 0 Å². The molecule has 0 saturated heterocycles. The normalized spacial score (nSPS) is 11.1. The maximum absolute atomic E-state index is 12.5. The minimum atomic E-state index is -0.325. The highest BCUT2D eigenvalue weighted by Crippen LogP contribution is 2.05. The SMILES string of the molecule is CC(C)/C=C/C(=O)c1ccc(F)cc1. The number of rotatable bonds is 3. The highest BCUT2D eigenvalue weighted by Gasteiger charge is 2.01. The number of hydrogen-bond donors (Lipinski definition) is 0. The van der Waals surface area contributed by atoms with Crippen LogP contribution in [-0.4, -0.2) is 5.78 Å². The fourth-order valence-electron chi connectivity index (χ4n) is 0.990. The second-order valence-electron chi connectivity index (χ2n) is 3.47. The van der Waals surface area contributed by atoms with E-state index in [0.29, 0.717) is 11.5 Å². The molecule has 0 heterocycles. The van der Waals surface area contributed by atoms with Crippen LogP contribution in [0.25, 0.3) is 0 Å². The Balaban J connectivity index is 2.75. The number of carbonyl (C=O) groups is 1. The second-order valence-corrected chi connectivity index (χ2v) is 3.47. The molecule has 2 heteroatoms. The minimum absolute atomic E-state index is 0.0845. The van der Waals surface area contributed by atoms with Crippen molar-refractivity contribution in [3.63, 3.8) is 0 Å². The first kappa shape index (κ1) is 10.6.